The molecule has 1 aliphatic heterocycles. The van der Waals surface area contributed by atoms with Crippen molar-refractivity contribution in [1.29, 1.82) is 0 Å². The third-order valence-corrected chi connectivity index (χ3v) is 5.35. The minimum Gasteiger partial charge on any atom is -0.274 e. The van der Waals surface area contributed by atoms with Crippen LogP contribution in [0.5, 0.6) is 0 Å². The van der Waals surface area contributed by atoms with E-state index in [1.165, 1.54) is 15.4 Å². The molecule has 1 unspecified atom stereocenters. The molecule has 0 radical (unpaired) electrons. The SMILES string of the molecule is O=C1CC(=O)N(C2CCc3ccccc32)C(=O)N1C1CCCC1. The lowest BCUT2D eigenvalue weighted by atomic mass is 10.0. The first-order chi connectivity index (χ1) is 11.2. The quantitative estimate of drug-likeness (QED) is 0.789. The summed E-state index contributed by atoms with van der Waals surface area (Å²) in [6.07, 6.45) is 5.26. The highest BCUT2D eigenvalue weighted by molar-refractivity contribution is 6.14. The molecule has 0 spiro atoms. The second-order valence-electron chi connectivity index (χ2n) is 6.68. The van der Waals surface area contributed by atoms with Gasteiger partial charge in [-0.2, -0.15) is 0 Å². The highest BCUT2D eigenvalue weighted by Crippen LogP contribution is 2.38. The Hall–Kier alpha value is -2.17. The lowest BCUT2D eigenvalue weighted by molar-refractivity contribution is -0.145. The Kier molecular flexibility index (Phi) is 3.43. The van der Waals surface area contributed by atoms with Crippen LogP contribution in [0.4, 0.5) is 4.79 Å². The number of benzene rings is 1. The Balaban J connectivity index is 1.66. The zero-order valence-electron chi connectivity index (χ0n) is 13.0. The van der Waals surface area contributed by atoms with Gasteiger partial charge in [0.1, 0.15) is 6.42 Å². The van der Waals surface area contributed by atoms with Gasteiger partial charge in [-0.05, 0) is 36.8 Å². The van der Waals surface area contributed by atoms with Crippen LogP contribution < -0.4 is 0 Å². The van der Waals surface area contributed by atoms with Crippen LogP contribution >= 0.6 is 0 Å². The standard InChI is InChI=1S/C18H20N2O3/c21-16-11-17(22)20(18(23)19(16)13-6-2-3-7-13)15-10-9-12-5-1-4-8-14(12)15/h1,4-5,8,13,15H,2-3,6-7,9-11H2. The zero-order valence-corrected chi connectivity index (χ0v) is 13.0. The molecule has 1 atom stereocenters. The van der Waals surface area contributed by atoms with Crippen molar-refractivity contribution in [3.63, 3.8) is 0 Å². The fraction of sp³-hybridized carbons (Fsp3) is 0.500. The topological polar surface area (TPSA) is 57.7 Å². The molecule has 0 N–H and O–H groups in total. The first-order valence-electron chi connectivity index (χ1n) is 8.42. The van der Waals surface area contributed by atoms with Crippen LogP contribution in [0.1, 0.15) is 55.7 Å². The lowest BCUT2D eigenvalue weighted by Gasteiger charge is -2.39. The minimum absolute atomic E-state index is 0.0257. The van der Waals surface area contributed by atoms with Crippen LogP contribution in [0.3, 0.4) is 0 Å². The number of hydrogen-bond acceptors (Lipinski definition) is 3. The Bertz CT molecular complexity index is 679. The number of nitrogens with zero attached hydrogens (tertiary/aromatic N) is 2. The molecule has 0 aromatic heterocycles. The second-order valence-corrected chi connectivity index (χ2v) is 6.68. The van der Waals surface area contributed by atoms with E-state index >= 15 is 0 Å². The maximum Gasteiger partial charge on any atom is 0.334 e. The molecular formula is C18H20N2O3. The zero-order chi connectivity index (χ0) is 16.0. The van der Waals surface area contributed by atoms with Gasteiger partial charge in [-0.25, -0.2) is 4.79 Å². The molecule has 1 aromatic rings. The average molecular weight is 312 g/mol. The Labute approximate surface area is 135 Å². The van der Waals surface area contributed by atoms with E-state index in [2.05, 4.69) is 0 Å². The van der Waals surface area contributed by atoms with Gasteiger partial charge in [0, 0.05) is 6.04 Å². The van der Waals surface area contributed by atoms with Crippen molar-refractivity contribution in [2.75, 3.05) is 0 Å². The van der Waals surface area contributed by atoms with Crippen LogP contribution in [0.15, 0.2) is 24.3 Å². The van der Waals surface area contributed by atoms with Gasteiger partial charge in [0.2, 0.25) is 11.8 Å². The molecule has 2 aliphatic carbocycles. The molecule has 4 amide bonds. The molecule has 1 saturated carbocycles. The first kappa shape index (κ1) is 14.4. The monoisotopic (exact) mass is 312 g/mol. The minimum atomic E-state index is -0.403. The lowest BCUT2D eigenvalue weighted by Crippen LogP contribution is -2.58. The van der Waals surface area contributed by atoms with E-state index in [1.807, 2.05) is 24.3 Å². The molecule has 1 aromatic carbocycles. The number of carbonyl (C=O) groups excluding carboxylic acids is 3. The van der Waals surface area contributed by atoms with E-state index in [9.17, 15) is 14.4 Å². The van der Waals surface area contributed by atoms with E-state index in [0.717, 1.165) is 44.1 Å². The van der Waals surface area contributed by atoms with Gasteiger partial charge in [-0.3, -0.25) is 19.4 Å². The largest absolute Gasteiger partial charge is 0.334 e. The molecule has 5 heteroatoms. The molecule has 2 fully saturated rings. The van der Waals surface area contributed by atoms with Crippen molar-refractivity contribution in [1.82, 2.24) is 9.80 Å². The number of imide groups is 2. The van der Waals surface area contributed by atoms with Crippen molar-refractivity contribution in [3.05, 3.63) is 35.4 Å². The fourth-order valence-corrected chi connectivity index (χ4v) is 4.26. The molecule has 23 heavy (non-hydrogen) atoms. The van der Waals surface area contributed by atoms with Crippen molar-refractivity contribution in [2.24, 2.45) is 0 Å². The summed E-state index contributed by atoms with van der Waals surface area (Å²) in [6, 6.07) is 7.31. The summed E-state index contributed by atoms with van der Waals surface area (Å²) in [5, 5.41) is 0. The van der Waals surface area contributed by atoms with Gasteiger partial charge in [-0.1, -0.05) is 37.1 Å². The predicted octanol–water partition coefficient (Wildman–Crippen LogP) is 2.80. The highest BCUT2D eigenvalue weighted by atomic mass is 16.2. The summed E-state index contributed by atoms with van der Waals surface area (Å²) in [5.74, 6) is -0.676. The molecule has 120 valence electrons. The van der Waals surface area contributed by atoms with E-state index in [-0.39, 0.29) is 30.3 Å². The molecule has 3 aliphatic rings. The van der Waals surface area contributed by atoms with E-state index < -0.39 is 6.03 Å². The number of amides is 4. The summed E-state index contributed by atoms with van der Waals surface area (Å²) < 4.78 is 0. The smallest absolute Gasteiger partial charge is 0.274 e. The van der Waals surface area contributed by atoms with Crippen molar-refractivity contribution in [3.8, 4) is 0 Å². The predicted molar refractivity (Wildman–Crippen MR) is 83.5 cm³/mol. The Morgan fingerprint density at radius 1 is 0.870 bits per heavy atom. The number of urea groups is 1. The van der Waals surface area contributed by atoms with Gasteiger partial charge in [0.05, 0.1) is 6.04 Å². The number of carbonyl (C=O) groups is 3. The Morgan fingerprint density at radius 2 is 1.57 bits per heavy atom. The summed E-state index contributed by atoms with van der Waals surface area (Å²) in [5.41, 5.74) is 2.25. The number of fused-ring (bicyclic) bond motifs is 1. The summed E-state index contributed by atoms with van der Waals surface area (Å²) in [4.78, 5) is 40.4. The normalized spacial score (nSPS) is 25.4. The van der Waals surface area contributed by atoms with Gasteiger partial charge in [-0.15, -0.1) is 0 Å². The third kappa shape index (κ3) is 2.26. The van der Waals surface area contributed by atoms with Gasteiger partial charge in [0.25, 0.3) is 0 Å². The number of barbiturate groups is 1. The van der Waals surface area contributed by atoms with Crippen LogP contribution in [-0.2, 0) is 16.0 Å². The summed E-state index contributed by atoms with van der Waals surface area (Å²) in [6.45, 7) is 0. The van der Waals surface area contributed by atoms with Gasteiger partial charge in [0.15, 0.2) is 0 Å². The molecular weight excluding hydrogens is 292 g/mol. The van der Waals surface area contributed by atoms with E-state index in [4.69, 9.17) is 0 Å². The molecule has 1 saturated heterocycles. The van der Waals surface area contributed by atoms with E-state index in [0.29, 0.717) is 0 Å². The first-order valence-corrected chi connectivity index (χ1v) is 8.42. The third-order valence-electron chi connectivity index (χ3n) is 5.35. The van der Waals surface area contributed by atoms with Crippen LogP contribution in [0.2, 0.25) is 0 Å². The van der Waals surface area contributed by atoms with Crippen LogP contribution in [0, 0.1) is 0 Å². The second kappa shape index (κ2) is 5.48. The van der Waals surface area contributed by atoms with Crippen molar-refractivity contribution >= 4 is 17.8 Å². The van der Waals surface area contributed by atoms with Crippen molar-refractivity contribution < 1.29 is 14.4 Å². The number of hydrogen-bond donors (Lipinski definition) is 0. The molecule has 5 nitrogen and oxygen atoms in total. The Morgan fingerprint density at radius 3 is 2.35 bits per heavy atom. The van der Waals surface area contributed by atoms with Gasteiger partial charge < -0.3 is 0 Å². The maximum atomic E-state index is 12.9. The summed E-state index contributed by atoms with van der Waals surface area (Å²) >= 11 is 0. The summed E-state index contributed by atoms with van der Waals surface area (Å²) in [7, 11) is 0. The van der Waals surface area contributed by atoms with Gasteiger partial charge >= 0.3 is 6.03 Å². The molecule has 1 heterocycles. The van der Waals surface area contributed by atoms with Crippen LogP contribution in [-0.4, -0.2) is 33.7 Å². The highest BCUT2D eigenvalue weighted by Gasteiger charge is 2.46. The maximum absolute atomic E-state index is 12.9. The molecule has 4 rings (SSSR count). The van der Waals surface area contributed by atoms with Crippen molar-refractivity contribution in [2.45, 2.75) is 57.0 Å². The fourth-order valence-electron chi connectivity index (χ4n) is 4.26. The van der Waals surface area contributed by atoms with Crippen LogP contribution in [0.25, 0.3) is 0 Å². The molecule has 0 bridgehead atoms. The number of aryl methyl sites for hydroxylation is 1. The van der Waals surface area contributed by atoms with E-state index in [1.54, 1.807) is 0 Å². The average Bonchev–Trinajstić information content (AvgIpc) is 3.17. The number of rotatable bonds is 2.